The molecule has 1 saturated heterocycles. The van der Waals surface area contributed by atoms with Crippen molar-refractivity contribution in [3.05, 3.63) is 122 Å². The summed E-state index contributed by atoms with van der Waals surface area (Å²) in [5.74, 6) is -0.681. The number of sulfone groups is 1. The zero-order valence-electron chi connectivity index (χ0n) is 18.6. The number of anilines is 1. The number of nitro benzene ring substituents is 1. The van der Waals surface area contributed by atoms with Crippen LogP contribution >= 0.6 is 0 Å². The highest BCUT2D eigenvalue weighted by molar-refractivity contribution is 7.97. The number of carbonyl (C=O) groups excluding carboxylic acids is 1. The van der Waals surface area contributed by atoms with Crippen molar-refractivity contribution >= 4 is 33.2 Å². The van der Waals surface area contributed by atoms with Crippen molar-refractivity contribution in [2.24, 2.45) is 0 Å². The number of rotatable bonds is 5. The van der Waals surface area contributed by atoms with Crippen LogP contribution in [0.3, 0.4) is 0 Å². The second-order valence-electron chi connectivity index (χ2n) is 8.07. The highest BCUT2D eigenvalue weighted by Gasteiger charge is 2.50. The van der Waals surface area contributed by atoms with Gasteiger partial charge in [-0.2, -0.15) is 0 Å². The number of aryl methyl sites for hydroxylation is 2. The third-order valence-electron chi connectivity index (χ3n) is 5.45. The number of amides is 1. The van der Waals surface area contributed by atoms with Gasteiger partial charge in [-0.3, -0.25) is 19.8 Å². The summed E-state index contributed by atoms with van der Waals surface area (Å²) in [4.78, 5) is 25.1. The van der Waals surface area contributed by atoms with Gasteiger partial charge in [-0.05, 0) is 54.3 Å². The molecule has 1 atom stereocenters. The van der Waals surface area contributed by atoms with E-state index in [1.807, 2.05) is 50.2 Å². The van der Waals surface area contributed by atoms with E-state index < -0.39 is 26.0 Å². The standard InChI is InChI=1S/C26H22N2O5S/c1-18-14-19(2)16-23(15-18)27-25(29)24(13-6-10-20-8-4-3-5-9-20)34(32,33)26(27)21-11-7-12-22(17-21)28(30)31/h3-17,26H,1-2H3. The van der Waals surface area contributed by atoms with Crippen LogP contribution in [0.2, 0.25) is 0 Å². The Morgan fingerprint density at radius 2 is 1.62 bits per heavy atom. The molecule has 1 fully saturated rings. The molecule has 0 radical (unpaired) electrons. The molecule has 3 aromatic rings. The first-order chi connectivity index (χ1) is 16.2. The monoisotopic (exact) mass is 474 g/mol. The smallest absolute Gasteiger partial charge is 0.271 e. The number of nitro groups is 1. The van der Waals surface area contributed by atoms with Crippen LogP contribution in [0.1, 0.15) is 27.6 Å². The Labute approximate surface area is 197 Å². The Kier molecular flexibility index (Phi) is 6.17. The minimum Gasteiger partial charge on any atom is -0.286 e. The fourth-order valence-corrected chi connectivity index (χ4v) is 5.90. The van der Waals surface area contributed by atoms with Gasteiger partial charge in [-0.15, -0.1) is 0 Å². The molecule has 0 aliphatic carbocycles. The fraction of sp³-hybridized carbons (Fsp3) is 0.115. The molecule has 1 aliphatic heterocycles. The van der Waals surface area contributed by atoms with Gasteiger partial charge in [0.2, 0.25) is 9.84 Å². The van der Waals surface area contributed by atoms with Gasteiger partial charge in [0, 0.05) is 17.8 Å². The van der Waals surface area contributed by atoms with Gasteiger partial charge in [-0.25, -0.2) is 8.42 Å². The van der Waals surface area contributed by atoms with E-state index in [0.29, 0.717) is 5.69 Å². The van der Waals surface area contributed by atoms with Crippen LogP contribution in [0, 0.1) is 24.0 Å². The molecule has 1 amide bonds. The van der Waals surface area contributed by atoms with Crippen molar-refractivity contribution in [1.29, 1.82) is 0 Å². The fourth-order valence-electron chi connectivity index (χ4n) is 4.05. The van der Waals surface area contributed by atoms with E-state index in [0.717, 1.165) is 16.7 Å². The predicted octanol–water partition coefficient (Wildman–Crippen LogP) is 5.27. The molecule has 0 saturated carbocycles. The number of nitrogens with zero attached hydrogens (tertiary/aromatic N) is 2. The lowest BCUT2D eigenvalue weighted by molar-refractivity contribution is -0.384. The summed E-state index contributed by atoms with van der Waals surface area (Å²) in [7, 11) is -4.19. The molecule has 34 heavy (non-hydrogen) atoms. The highest BCUT2D eigenvalue weighted by Crippen LogP contribution is 2.43. The van der Waals surface area contributed by atoms with Gasteiger partial charge in [0.15, 0.2) is 5.37 Å². The Bertz CT molecular complexity index is 1420. The van der Waals surface area contributed by atoms with Gasteiger partial charge in [-0.1, -0.05) is 60.7 Å². The Hall–Kier alpha value is -4.04. The van der Waals surface area contributed by atoms with Crippen molar-refractivity contribution in [2.75, 3.05) is 4.90 Å². The first-order valence-electron chi connectivity index (χ1n) is 10.5. The Morgan fingerprint density at radius 3 is 2.26 bits per heavy atom. The molecule has 0 bridgehead atoms. The van der Waals surface area contributed by atoms with E-state index in [2.05, 4.69) is 0 Å². The lowest BCUT2D eigenvalue weighted by Gasteiger charge is -2.24. The molecule has 1 aliphatic rings. The summed E-state index contributed by atoms with van der Waals surface area (Å²) < 4.78 is 27.3. The second-order valence-corrected chi connectivity index (χ2v) is 10.0. The Morgan fingerprint density at radius 1 is 0.941 bits per heavy atom. The lowest BCUT2D eigenvalue weighted by atomic mass is 10.1. The molecule has 172 valence electrons. The Balaban J connectivity index is 1.88. The molecule has 0 aromatic heterocycles. The van der Waals surface area contributed by atoms with Crippen LogP contribution in [0.5, 0.6) is 0 Å². The maximum Gasteiger partial charge on any atom is 0.271 e. The summed E-state index contributed by atoms with van der Waals surface area (Å²) in [5, 5.41) is 9.91. The number of carbonyl (C=O) groups is 1. The summed E-state index contributed by atoms with van der Waals surface area (Å²) in [6.45, 7) is 3.71. The number of hydrogen-bond acceptors (Lipinski definition) is 5. The minimum absolute atomic E-state index is 0.150. The van der Waals surface area contributed by atoms with E-state index >= 15 is 0 Å². The summed E-state index contributed by atoms with van der Waals surface area (Å²) in [6, 6.07) is 20.1. The first kappa shape index (κ1) is 23.1. The van der Waals surface area contributed by atoms with Crippen LogP contribution in [0.25, 0.3) is 6.08 Å². The number of benzene rings is 3. The topological polar surface area (TPSA) is 97.6 Å². The molecule has 3 aromatic carbocycles. The number of non-ortho nitro benzene ring substituents is 1. The van der Waals surface area contributed by atoms with Crippen molar-refractivity contribution < 1.29 is 18.1 Å². The van der Waals surface area contributed by atoms with E-state index in [1.54, 1.807) is 18.2 Å². The van der Waals surface area contributed by atoms with Gasteiger partial charge >= 0.3 is 0 Å². The summed E-state index contributed by atoms with van der Waals surface area (Å²) in [5.41, 5.74) is 2.89. The largest absolute Gasteiger partial charge is 0.286 e. The first-order valence-corrected chi connectivity index (χ1v) is 12.1. The third kappa shape index (κ3) is 4.40. The molecular formula is C26H22N2O5S. The van der Waals surface area contributed by atoms with E-state index in [4.69, 9.17) is 0 Å². The van der Waals surface area contributed by atoms with Crippen LogP contribution in [-0.2, 0) is 14.6 Å². The molecule has 7 nitrogen and oxygen atoms in total. The second kappa shape index (κ2) is 9.07. The van der Waals surface area contributed by atoms with Crippen molar-refractivity contribution in [3.63, 3.8) is 0 Å². The van der Waals surface area contributed by atoms with Crippen molar-refractivity contribution in [1.82, 2.24) is 0 Å². The zero-order chi connectivity index (χ0) is 24.5. The van der Waals surface area contributed by atoms with Crippen molar-refractivity contribution in [2.45, 2.75) is 19.2 Å². The third-order valence-corrected chi connectivity index (χ3v) is 7.45. The van der Waals surface area contributed by atoms with Crippen LogP contribution in [0.4, 0.5) is 11.4 Å². The average Bonchev–Trinajstić information content (AvgIpc) is 2.99. The average molecular weight is 475 g/mol. The van der Waals surface area contributed by atoms with Gasteiger partial charge in [0.05, 0.1) is 4.92 Å². The number of hydrogen-bond donors (Lipinski definition) is 0. The van der Waals surface area contributed by atoms with Crippen molar-refractivity contribution in [3.8, 4) is 0 Å². The number of allylic oxidation sites excluding steroid dienone is 2. The maximum atomic E-state index is 13.6. The SMILES string of the molecule is Cc1cc(C)cc(N2C(=O)C(=CC=Cc3ccccc3)S(=O)(=O)C2c2cccc([N+](=O)[O-])c2)c1. The summed E-state index contributed by atoms with van der Waals surface area (Å²) in [6.07, 6.45) is 4.52. The van der Waals surface area contributed by atoms with E-state index in [1.165, 1.54) is 41.3 Å². The predicted molar refractivity (Wildman–Crippen MR) is 132 cm³/mol. The quantitative estimate of drug-likeness (QED) is 0.285. The molecule has 4 rings (SSSR count). The molecule has 8 heteroatoms. The van der Waals surface area contributed by atoms with Gasteiger partial charge < -0.3 is 0 Å². The normalized spacial score (nSPS) is 18.6. The lowest BCUT2D eigenvalue weighted by Crippen LogP contribution is -2.29. The molecule has 0 N–H and O–H groups in total. The minimum atomic E-state index is -4.19. The molecule has 1 heterocycles. The van der Waals surface area contributed by atoms with E-state index in [9.17, 15) is 23.3 Å². The van der Waals surface area contributed by atoms with Crippen LogP contribution in [-0.4, -0.2) is 19.2 Å². The van der Waals surface area contributed by atoms with E-state index in [-0.39, 0.29) is 16.2 Å². The molecule has 1 unspecified atom stereocenters. The van der Waals surface area contributed by atoms with Gasteiger partial charge in [0.1, 0.15) is 4.91 Å². The summed E-state index contributed by atoms with van der Waals surface area (Å²) >= 11 is 0. The molecule has 0 spiro atoms. The van der Waals surface area contributed by atoms with Crippen LogP contribution in [0.15, 0.2) is 89.9 Å². The zero-order valence-corrected chi connectivity index (χ0v) is 19.4. The maximum absolute atomic E-state index is 13.6. The molecular weight excluding hydrogens is 452 g/mol. The highest BCUT2D eigenvalue weighted by atomic mass is 32.2. The van der Waals surface area contributed by atoms with Crippen LogP contribution < -0.4 is 4.90 Å². The van der Waals surface area contributed by atoms with Gasteiger partial charge in [0.25, 0.3) is 11.6 Å².